The molecule has 0 saturated heterocycles. The molecule has 1 aromatic rings. The molecule has 0 saturated carbocycles. The van der Waals surface area contributed by atoms with Gasteiger partial charge in [-0.15, -0.1) is 0 Å². The molecule has 0 spiro atoms. The Morgan fingerprint density at radius 3 is 2.65 bits per heavy atom. The van der Waals surface area contributed by atoms with E-state index in [0.29, 0.717) is 5.82 Å². The van der Waals surface area contributed by atoms with E-state index in [9.17, 15) is 13.2 Å². The van der Waals surface area contributed by atoms with Crippen molar-refractivity contribution in [2.75, 3.05) is 25.1 Å². The van der Waals surface area contributed by atoms with Crippen molar-refractivity contribution in [2.24, 2.45) is 0 Å². The Morgan fingerprint density at radius 1 is 1.41 bits per heavy atom. The van der Waals surface area contributed by atoms with Crippen molar-refractivity contribution in [3.63, 3.8) is 0 Å². The van der Waals surface area contributed by atoms with Gasteiger partial charge < -0.3 is 14.6 Å². The molecular formula is C9H14F3N3O2. The molecule has 0 fully saturated rings. The zero-order valence-corrected chi connectivity index (χ0v) is 9.54. The molecule has 0 amide bonds. The summed E-state index contributed by atoms with van der Waals surface area (Å²) < 4.78 is 44.4. The Labute approximate surface area is 96.3 Å². The Bertz CT molecular complexity index is 338. The van der Waals surface area contributed by atoms with Gasteiger partial charge >= 0.3 is 12.2 Å². The molecule has 8 heteroatoms. The zero-order valence-electron chi connectivity index (χ0n) is 9.54. The number of rotatable bonds is 6. The van der Waals surface area contributed by atoms with E-state index in [2.05, 4.69) is 20.2 Å². The second-order valence-corrected chi connectivity index (χ2v) is 3.71. The van der Waals surface area contributed by atoms with Crippen LogP contribution in [-0.2, 0) is 4.74 Å². The van der Waals surface area contributed by atoms with Crippen LogP contribution in [-0.4, -0.2) is 36.1 Å². The number of hydrogen-bond donors (Lipinski definition) is 1. The normalized spacial score (nSPS) is 12.1. The summed E-state index contributed by atoms with van der Waals surface area (Å²) in [6, 6.07) is 0.185. The lowest BCUT2D eigenvalue weighted by molar-refractivity contribution is -0.172. The van der Waals surface area contributed by atoms with Crippen LogP contribution >= 0.6 is 0 Å². The highest BCUT2D eigenvalue weighted by Crippen LogP contribution is 2.14. The molecule has 1 rings (SSSR count). The van der Waals surface area contributed by atoms with Gasteiger partial charge in [-0.2, -0.15) is 18.2 Å². The number of halogens is 3. The summed E-state index contributed by atoms with van der Waals surface area (Å²) in [6.07, 6.45) is -4.30. The van der Waals surface area contributed by atoms with Gasteiger partial charge in [-0.25, -0.2) is 0 Å². The summed E-state index contributed by atoms with van der Waals surface area (Å²) >= 11 is 0. The van der Waals surface area contributed by atoms with Crippen LogP contribution in [0.25, 0.3) is 0 Å². The molecule has 0 bridgehead atoms. The van der Waals surface area contributed by atoms with Crippen molar-refractivity contribution in [1.29, 1.82) is 0 Å². The third kappa shape index (κ3) is 5.53. The van der Waals surface area contributed by atoms with Gasteiger partial charge in [0.05, 0.1) is 6.61 Å². The highest BCUT2D eigenvalue weighted by molar-refractivity contribution is 5.18. The standard InChI is InChI=1S/C9H14F3N3O2/c1-6(2)7-14-8(17-15-7)13-3-4-16-5-9(10,11)12/h6H,3-5H2,1-2H3,(H,13,14,15). The van der Waals surface area contributed by atoms with Crippen molar-refractivity contribution in [3.05, 3.63) is 5.82 Å². The van der Waals surface area contributed by atoms with Gasteiger partial charge in [0.1, 0.15) is 6.61 Å². The van der Waals surface area contributed by atoms with E-state index in [-0.39, 0.29) is 25.1 Å². The fourth-order valence-electron chi connectivity index (χ4n) is 0.959. The van der Waals surface area contributed by atoms with Crippen molar-refractivity contribution >= 4 is 6.01 Å². The largest absolute Gasteiger partial charge is 0.411 e. The molecule has 0 radical (unpaired) electrons. The minimum atomic E-state index is -4.30. The maximum atomic E-state index is 11.7. The molecule has 0 unspecified atom stereocenters. The van der Waals surface area contributed by atoms with E-state index < -0.39 is 12.8 Å². The van der Waals surface area contributed by atoms with E-state index in [0.717, 1.165) is 0 Å². The fourth-order valence-corrected chi connectivity index (χ4v) is 0.959. The lowest BCUT2D eigenvalue weighted by atomic mass is 10.2. The summed E-state index contributed by atoms with van der Waals surface area (Å²) in [5.41, 5.74) is 0. The summed E-state index contributed by atoms with van der Waals surface area (Å²) in [5, 5.41) is 6.36. The monoisotopic (exact) mass is 253 g/mol. The first-order valence-electron chi connectivity index (χ1n) is 5.10. The van der Waals surface area contributed by atoms with Crippen LogP contribution in [0.2, 0.25) is 0 Å². The van der Waals surface area contributed by atoms with Gasteiger partial charge in [0.15, 0.2) is 5.82 Å². The topological polar surface area (TPSA) is 60.2 Å². The SMILES string of the molecule is CC(C)c1noc(NCCOCC(F)(F)F)n1. The molecule has 1 aromatic heterocycles. The second-order valence-electron chi connectivity index (χ2n) is 3.71. The Hall–Kier alpha value is -1.31. The molecular weight excluding hydrogens is 239 g/mol. The second kappa shape index (κ2) is 5.85. The minimum absolute atomic E-state index is 0.0844. The van der Waals surface area contributed by atoms with Gasteiger partial charge in [0.25, 0.3) is 0 Å². The predicted octanol–water partition coefficient (Wildman–Crippen LogP) is 2.18. The van der Waals surface area contributed by atoms with Crippen LogP contribution in [0, 0.1) is 0 Å². The van der Waals surface area contributed by atoms with Gasteiger partial charge in [-0.1, -0.05) is 19.0 Å². The first kappa shape index (κ1) is 13.8. The van der Waals surface area contributed by atoms with Crippen LogP contribution in [0.15, 0.2) is 4.52 Å². The molecule has 17 heavy (non-hydrogen) atoms. The Morgan fingerprint density at radius 2 is 2.12 bits per heavy atom. The smallest absolute Gasteiger partial charge is 0.370 e. The quantitative estimate of drug-likeness (QED) is 0.787. The fraction of sp³-hybridized carbons (Fsp3) is 0.778. The maximum absolute atomic E-state index is 11.7. The molecule has 5 nitrogen and oxygen atoms in total. The first-order valence-corrected chi connectivity index (χ1v) is 5.10. The maximum Gasteiger partial charge on any atom is 0.411 e. The number of alkyl halides is 3. The highest BCUT2D eigenvalue weighted by Gasteiger charge is 2.27. The molecule has 0 aliphatic rings. The molecule has 98 valence electrons. The summed E-state index contributed by atoms with van der Waals surface area (Å²) in [6.45, 7) is 2.65. The van der Waals surface area contributed by atoms with Crippen molar-refractivity contribution in [1.82, 2.24) is 10.1 Å². The van der Waals surface area contributed by atoms with Crippen molar-refractivity contribution in [2.45, 2.75) is 25.9 Å². The van der Waals surface area contributed by atoms with Gasteiger partial charge in [0, 0.05) is 12.5 Å². The van der Waals surface area contributed by atoms with Gasteiger partial charge in [-0.05, 0) is 0 Å². The van der Waals surface area contributed by atoms with Crippen LogP contribution in [0.3, 0.4) is 0 Å². The number of ether oxygens (including phenoxy) is 1. The predicted molar refractivity (Wildman–Crippen MR) is 53.8 cm³/mol. The van der Waals surface area contributed by atoms with Crippen LogP contribution in [0.1, 0.15) is 25.6 Å². The van der Waals surface area contributed by atoms with Crippen LogP contribution in [0.4, 0.5) is 19.2 Å². The Kier molecular flexibility index (Phi) is 4.73. The molecule has 0 atom stereocenters. The molecule has 1 heterocycles. The van der Waals surface area contributed by atoms with Crippen molar-refractivity contribution < 1.29 is 22.4 Å². The average Bonchev–Trinajstić information content (AvgIpc) is 2.64. The molecule has 1 N–H and O–H groups in total. The average molecular weight is 253 g/mol. The lowest BCUT2D eigenvalue weighted by Crippen LogP contribution is -2.20. The van der Waals surface area contributed by atoms with E-state index >= 15 is 0 Å². The number of hydrogen-bond acceptors (Lipinski definition) is 5. The van der Waals surface area contributed by atoms with Gasteiger partial charge in [0.2, 0.25) is 0 Å². The third-order valence-corrected chi connectivity index (χ3v) is 1.75. The third-order valence-electron chi connectivity index (χ3n) is 1.75. The van der Waals surface area contributed by atoms with Crippen molar-refractivity contribution in [3.8, 4) is 0 Å². The van der Waals surface area contributed by atoms with Crippen LogP contribution < -0.4 is 5.32 Å². The number of aromatic nitrogens is 2. The Balaban J connectivity index is 2.18. The lowest BCUT2D eigenvalue weighted by Gasteiger charge is -2.06. The molecule has 0 aromatic carbocycles. The zero-order chi connectivity index (χ0) is 12.9. The first-order chi connectivity index (χ1) is 7.88. The summed E-state index contributed by atoms with van der Waals surface area (Å²) in [5.74, 6) is 0.680. The van der Waals surface area contributed by atoms with E-state index in [1.807, 2.05) is 13.8 Å². The highest BCUT2D eigenvalue weighted by atomic mass is 19.4. The molecule has 0 aliphatic carbocycles. The number of nitrogens with one attached hydrogen (secondary N) is 1. The minimum Gasteiger partial charge on any atom is -0.370 e. The van der Waals surface area contributed by atoms with E-state index in [4.69, 9.17) is 4.52 Å². The molecule has 0 aliphatic heterocycles. The van der Waals surface area contributed by atoms with Crippen LogP contribution in [0.5, 0.6) is 0 Å². The van der Waals surface area contributed by atoms with Gasteiger partial charge in [-0.3, -0.25) is 0 Å². The van der Waals surface area contributed by atoms with E-state index in [1.54, 1.807) is 0 Å². The van der Waals surface area contributed by atoms with E-state index in [1.165, 1.54) is 0 Å². The number of nitrogens with zero attached hydrogens (tertiary/aromatic N) is 2. The summed E-state index contributed by atoms with van der Waals surface area (Å²) in [4.78, 5) is 3.99. The number of anilines is 1. The summed E-state index contributed by atoms with van der Waals surface area (Å²) in [7, 11) is 0.